The molecule has 1 aromatic carbocycles. The predicted octanol–water partition coefficient (Wildman–Crippen LogP) is 4.10. The van der Waals surface area contributed by atoms with Crippen molar-refractivity contribution in [3.05, 3.63) is 40.4 Å². The summed E-state index contributed by atoms with van der Waals surface area (Å²) in [6.07, 6.45) is 0.581. The summed E-state index contributed by atoms with van der Waals surface area (Å²) in [7, 11) is 3.80. The number of rotatable bonds is 6. The minimum Gasteiger partial charge on any atom is -0.354 e. The Kier molecular flexibility index (Phi) is 6.34. The van der Waals surface area contributed by atoms with Gasteiger partial charge >= 0.3 is 5.51 Å². The van der Waals surface area contributed by atoms with Gasteiger partial charge in [0.25, 0.3) is 5.91 Å². The zero-order valence-corrected chi connectivity index (χ0v) is 15.6. The molecule has 9 heteroatoms. The molecule has 1 heterocycles. The highest BCUT2D eigenvalue weighted by Gasteiger charge is 2.31. The van der Waals surface area contributed by atoms with Crippen molar-refractivity contribution in [1.29, 1.82) is 0 Å². The minimum atomic E-state index is -4.43. The van der Waals surface area contributed by atoms with Gasteiger partial charge in [-0.05, 0) is 30.8 Å². The SMILES string of the molecule is Cc1nc(N(C)C)sc1CCNC(=O)c1ccccc1SC(F)(F)F. The number of halogens is 3. The number of amides is 1. The molecule has 0 aliphatic carbocycles. The fourth-order valence-electron chi connectivity index (χ4n) is 2.09. The first-order valence-corrected chi connectivity index (χ1v) is 9.07. The standard InChI is InChI=1S/C16H18F3N3OS2/c1-10-12(24-15(21-10)22(2)3)8-9-20-14(23)11-6-4-5-7-13(11)25-16(17,18)19/h4-7H,8-9H2,1-3H3,(H,20,23). The third-order valence-electron chi connectivity index (χ3n) is 3.26. The predicted molar refractivity (Wildman–Crippen MR) is 95.6 cm³/mol. The van der Waals surface area contributed by atoms with Crippen molar-refractivity contribution in [2.75, 3.05) is 25.5 Å². The van der Waals surface area contributed by atoms with Crippen molar-refractivity contribution >= 4 is 34.1 Å². The maximum absolute atomic E-state index is 12.6. The van der Waals surface area contributed by atoms with Crippen LogP contribution in [0.15, 0.2) is 29.2 Å². The minimum absolute atomic E-state index is 0.0276. The van der Waals surface area contributed by atoms with Gasteiger partial charge in [-0.2, -0.15) is 13.2 Å². The second kappa shape index (κ2) is 8.09. The lowest BCUT2D eigenvalue weighted by molar-refractivity contribution is -0.0328. The van der Waals surface area contributed by atoms with Gasteiger partial charge in [-0.15, -0.1) is 11.3 Å². The van der Waals surface area contributed by atoms with Gasteiger partial charge in [-0.25, -0.2) is 4.98 Å². The Balaban J connectivity index is 1.99. The highest BCUT2D eigenvalue weighted by molar-refractivity contribution is 8.00. The number of nitrogens with one attached hydrogen (secondary N) is 1. The van der Waals surface area contributed by atoms with E-state index in [0.717, 1.165) is 15.7 Å². The number of aromatic nitrogens is 1. The first-order valence-electron chi connectivity index (χ1n) is 7.44. The lowest BCUT2D eigenvalue weighted by Crippen LogP contribution is -2.26. The van der Waals surface area contributed by atoms with Crippen LogP contribution < -0.4 is 10.2 Å². The van der Waals surface area contributed by atoms with Gasteiger partial charge in [0, 0.05) is 36.8 Å². The van der Waals surface area contributed by atoms with E-state index < -0.39 is 11.4 Å². The normalized spacial score (nSPS) is 11.4. The summed E-state index contributed by atoms with van der Waals surface area (Å²) in [6, 6.07) is 5.72. The fourth-order valence-corrected chi connectivity index (χ4v) is 3.74. The van der Waals surface area contributed by atoms with E-state index in [4.69, 9.17) is 0 Å². The number of aryl methyl sites for hydroxylation is 1. The summed E-state index contributed by atoms with van der Waals surface area (Å²) >= 11 is 1.26. The van der Waals surface area contributed by atoms with Crippen LogP contribution in [0.1, 0.15) is 20.9 Å². The van der Waals surface area contributed by atoms with E-state index in [9.17, 15) is 18.0 Å². The third-order valence-corrected chi connectivity index (χ3v) is 5.45. The van der Waals surface area contributed by atoms with Crippen molar-refractivity contribution in [3.8, 4) is 0 Å². The molecule has 1 N–H and O–H groups in total. The molecule has 0 unspecified atom stereocenters. The Bertz CT molecular complexity index is 744. The molecule has 0 spiro atoms. The molecule has 2 rings (SSSR count). The Hall–Kier alpha value is -1.74. The van der Waals surface area contributed by atoms with Gasteiger partial charge in [0.2, 0.25) is 0 Å². The highest BCUT2D eigenvalue weighted by atomic mass is 32.2. The summed E-state index contributed by atoms with van der Waals surface area (Å²) in [5.74, 6) is -0.512. The van der Waals surface area contributed by atoms with Crippen molar-refractivity contribution in [1.82, 2.24) is 10.3 Å². The summed E-state index contributed by atoms with van der Waals surface area (Å²) in [5, 5.41) is 3.57. The van der Waals surface area contributed by atoms with Crippen LogP contribution in [-0.2, 0) is 6.42 Å². The Labute approximate surface area is 152 Å². The second-order valence-electron chi connectivity index (χ2n) is 5.45. The Morgan fingerprint density at radius 2 is 2.00 bits per heavy atom. The van der Waals surface area contributed by atoms with Gasteiger partial charge in [0.1, 0.15) is 0 Å². The van der Waals surface area contributed by atoms with E-state index in [1.54, 1.807) is 6.07 Å². The Morgan fingerprint density at radius 3 is 2.60 bits per heavy atom. The first-order chi connectivity index (χ1) is 11.7. The number of thiazole rings is 1. The average molecular weight is 389 g/mol. The van der Waals surface area contributed by atoms with Crippen LogP contribution in [0.5, 0.6) is 0 Å². The molecular weight excluding hydrogens is 371 g/mol. The molecule has 25 heavy (non-hydrogen) atoms. The van der Waals surface area contributed by atoms with E-state index in [0.29, 0.717) is 13.0 Å². The second-order valence-corrected chi connectivity index (χ2v) is 7.62. The number of hydrogen-bond donors (Lipinski definition) is 1. The smallest absolute Gasteiger partial charge is 0.354 e. The maximum atomic E-state index is 12.6. The largest absolute Gasteiger partial charge is 0.446 e. The Morgan fingerprint density at radius 1 is 1.32 bits per heavy atom. The number of carbonyl (C=O) groups excluding carboxylic acids is 1. The molecule has 1 amide bonds. The molecule has 0 saturated carbocycles. The lowest BCUT2D eigenvalue weighted by atomic mass is 10.2. The van der Waals surface area contributed by atoms with Crippen LogP contribution in [0, 0.1) is 6.92 Å². The van der Waals surface area contributed by atoms with Crippen LogP contribution in [0.2, 0.25) is 0 Å². The molecule has 1 aromatic heterocycles. The van der Waals surface area contributed by atoms with E-state index in [2.05, 4.69) is 10.3 Å². The first kappa shape index (κ1) is 19.6. The fraction of sp³-hybridized carbons (Fsp3) is 0.375. The molecule has 0 fully saturated rings. The van der Waals surface area contributed by atoms with Crippen LogP contribution in [0.25, 0.3) is 0 Å². The van der Waals surface area contributed by atoms with Gasteiger partial charge in [0.15, 0.2) is 5.13 Å². The van der Waals surface area contributed by atoms with Crippen LogP contribution in [0.3, 0.4) is 0 Å². The molecule has 136 valence electrons. The third kappa shape index (κ3) is 5.64. The number of thioether (sulfide) groups is 1. The van der Waals surface area contributed by atoms with E-state index in [1.807, 2.05) is 25.9 Å². The molecule has 0 saturated heterocycles. The number of alkyl halides is 3. The number of hydrogen-bond acceptors (Lipinski definition) is 5. The van der Waals surface area contributed by atoms with Gasteiger partial charge in [-0.1, -0.05) is 12.1 Å². The molecule has 0 aliphatic rings. The summed E-state index contributed by atoms with van der Waals surface area (Å²) in [6.45, 7) is 2.23. The molecule has 4 nitrogen and oxygen atoms in total. The topological polar surface area (TPSA) is 45.2 Å². The molecular formula is C16H18F3N3OS2. The summed E-state index contributed by atoms with van der Waals surface area (Å²) in [4.78, 5) is 19.5. The van der Waals surface area contributed by atoms with Crippen LogP contribution in [-0.4, -0.2) is 37.0 Å². The van der Waals surface area contributed by atoms with E-state index in [1.165, 1.54) is 29.5 Å². The average Bonchev–Trinajstić information content (AvgIpc) is 2.87. The van der Waals surface area contributed by atoms with Gasteiger partial charge in [-0.3, -0.25) is 4.79 Å². The number of anilines is 1. The zero-order valence-electron chi connectivity index (χ0n) is 14.0. The molecule has 2 aromatic rings. The quantitative estimate of drug-likeness (QED) is 0.756. The van der Waals surface area contributed by atoms with E-state index >= 15 is 0 Å². The number of nitrogens with zero attached hydrogens (tertiary/aromatic N) is 2. The van der Waals surface area contributed by atoms with Crippen LogP contribution in [0.4, 0.5) is 18.3 Å². The van der Waals surface area contributed by atoms with Crippen molar-refractivity contribution < 1.29 is 18.0 Å². The zero-order chi connectivity index (χ0) is 18.6. The van der Waals surface area contributed by atoms with Crippen molar-refractivity contribution in [2.45, 2.75) is 23.7 Å². The van der Waals surface area contributed by atoms with Gasteiger partial charge in [0.05, 0.1) is 11.3 Å². The highest BCUT2D eigenvalue weighted by Crippen LogP contribution is 2.38. The van der Waals surface area contributed by atoms with Crippen molar-refractivity contribution in [3.63, 3.8) is 0 Å². The van der Waals surface area contributed by atoms with Crippen LogP contribution >= 0.6 is 23.1 Å². The molecule has 0 bridgehead atoms. The maximum Gasteiger partial charge on any atom is 0.446 e. The molecule has 0 atom stereocenters. The number of benzene rings is 1. The summed E-state index contributed by atoms with van der Waals surface area (Å²) < 4.78 is 37.8. The monoisotopic (exact) mass is 389 g/mol. The molecule has 0 radical (unpaired) electrons. The molecule has 0 aliphatic heterocycles. The van der Waals surface area contributed by atoms with Crippen molar-refractivity contribution in [2.24, 2.45) is 0 Å². The van der Waals surface area contributed by atoms with E-state index in [-0.39, 0.29) is 22.2 Å². The van der Waals surface area contributed by atoms with Gasteiger partial charge < -0.3 is 10.2 Å². The summed E-state index contributed by atoms with van der Waals surface area (Å²) in [5.41, 5.74) is -3.51. The lowest BCUT2D eigenvalue weighted by Gasteiger charge is -2.11. The number of carbonyl (C=O) groups is 1.